The van der Waals surface area contributed by atoms with Crippen LogP contribution in [0.2, 0.25) is 0 Å². The molecule has 0 heterocycles. The maximum absolute atomic E-state index is 5.71. The van der Waals surface area contributed by atoms with Crippen molar-refractivity contribution in [3.63, 3.8) is 0 Å². The predicted octanol–water partition coefficient (Wildman–Crippen LogP) is 10.1. The molecule has 1 unspecified atom stereocenters. The molecule has 0 spiro atoms. The Hall–Kier alpha value is -0.490. The first-order valence-electron chi connectivity index (χ1n) is 12.8. The van der Waals surface area contributed by atoms with Crippen molar-refractivity contribution in [3.8, 4) is 0 Å². The van der Waals surface area contributed by atoms with Crippen molar-refractivity contribution >= 4 is 11.6 Å². The van der Waals surface area contributed by atoms with Crippen molar-refractivity contribution in [1.82, 2.24) is 0 Å². The van der Waals surface area contributed by atoms with Crippen LogP contribution in [0.25, 0.3) is 0 Å². The Morgan fingerprint density at radius 3 is 1.45 bits per heavy atom. The Kier molecular flexibility index (Phi) is 16.7. The first kappa shape index (κ1) is 26.5. The molecule has 1 rings (SSSR count). The van der Waals surface area contributed by atoms with E-state index >= 15 is 0 Å². The zero-order valence-corrected chi connectivity index (χ0v) is 20.5. The fraction of sp³-hybridized carbons (Fsp3) is 0.786. The first-order chi connectivity index (χ1) is 14.2. The normalized spacial score (nSPS) is 13.5. The van der Waals surface area contributed by atoms with E-state index < -0.39 is 0 Å². The lowest BCUT2D eigenvalue weighted by Gasteiger charge is -2.28. The molecule has 0 amide bonds. The van der Waals surface area contributed by atoms with Gasteiger partial charge >= 0.3 is 0 Å². The summed E-state index contributed by atoms with van der Waals surface area (Å²) >= 11 is 5.71. The van der Waals surface area contributed by atoms with Gasteiger partial charge in [0.05, 0.1) is 0 Å². The zero-order valence-electron chi connectivity index (χ0n) is 19.7. The topological polar surface area (TPSA) is 0 Å². The molecular weight excluding hydrogens is 372 g/mol. The minimum absolute atomic E-state index is 0.478. The average molecular weight is 421 g/mol. The van der Waals surface area contributed by atoms with E-state index in [1.807, 2.05) is 0 Å². The van der Waals surface area contributed by atoms with Crippen LogP contribution in [0, 0.1) is 5.41 Å². The van der Waals surface area contributed by atoms with E-state index in [-0.39, 0.29) is 0 Å². The predicted molar refractivity (Wildman–Crippen MR) is 133 cm³/mol. The Labute approximate surface area is 188 Å². The molecule has 0 saturated carbocycles. The third-order valence-electron chi connectivity index (χ3n) is 6.74. The lowest BCUT2D eigenvalue weighted by atomic mass is 9.77. The summed E-state index contributed by atoms with van der Waals surface area (Å²) in [4.78, 5) is 0. The van der Waals surface area contributed by atoms with E-state index in [1.54, 1.807) is 0 Å². The van der Waals surface area contributed by atoms with Gasteiger partial charge < -0.3 is 0 Å². The van der Waals surface area contributed by atoms with Gasteiger partial charge in [-0.1, -0.05) is 140 Å². The third-order valence-corrected chi connectivity index (χ3v) is 7.01. The lowest BCUT2D eigenvalue weighted by Crippen LogP contribution is -2.18. The summed E-state index contributed by atoms with van der Waals surface area (Å²) in [6.07, 6.45) is 25.1. The smallest absolute Gasteiger partial charge is 0.0223 e. The van der Waals surface area contributed by atoms with Gasteiger partial charge in [-0.05, 0) is 30.2 Å². The molecular formula is C28H49Cl. The summed E-state index contributed by atoms with van der Waals surface area (Å²) < 4.78 is 0. The first-order valence-corrected chi connectivity index (χ1v) is 13.3. The number of hydrogen-bond acceptors (Lipinski definition) is 0. The van der Waals surface area contributed by atoms with E-state index in [1.165, 1.54) is 121 Å². The summed E-state index contributed by atoms with van der Waals surface area (Å²) in [5.41, 5.74) is 1.98. The van der Waals surface area contributed by atoms with Gasteiger partial charge in [0.1, 0.15) is 0 Å². The summed E-state index contributed by atoms with van der Waals surface area (Å²) in [7, 11) is 0. The van der Waals surface area contributed by atoms with Crippen molar-refractivity contribution in [3.05, 3.63) is 35.9 Å². The van der Waals surface area contributed by atoms with Crippen LogP contribution in [0.3, 0.4) is 0 Å². The molecule has 0 aliphatic carbocycles. The average Bonchev–Trinajstić information content (AvgIpc) is 2.74. The van der Waals surface area contributed by atoms with Crippen molar-refractivity contribution < 1.29 is 0 Å². The molecule has 168 valence electrons. The van der Waals surface area contributed by atoms with Gasteiger partial charge in [-0.3, -0.25) is 0 Å². The second-order valence-corrected chi connectivity index (χ2v) is 9.95. The van der Waals surface area contributed by atoms with Crippen LogP contribution in [-0.4, -0.2) is 5.88 Å². The molecule has 0 aliphatic rings. The fourth-order valence-corrected chi connectivity index (χ4v) is 4.61. The molecule has 0 nitrogen and oxygen atoms in total. The fourth-order valence-electron chi connectivity index (χ4n) is 4.42. The molecule has 0 aliphatic heterocycles. The van der Waals surface area contributed by atoms with Crippen molar-refractivity contribution in [2.75, 3.05) is 5.88 Å². The molecule has 1 heteroatoms. The molecule has 0 bridgehead atoms. The van der Waals surface area contributed by atoms with Gasteiger partial charge in [0, 0.05) is 5.88 Å². The summed E-state index contributed by atoms with van der Waals surface area (Å²) in [6.45, 7) is 4.85. The van der Waals surface area contributed by atoms with E-state index in [4.69, 9.17) is 11.6 Å². The number of halogens is 1. The second kappa shape index (κ2) is 18.3. The molecule has 29 heavy (non-hydrogen) atoms. The number of hydrogen-bond donors (Lipinski definition) is 0. The minimum atomic E-state index is 0.478. The molecule has 1 aromatic rings. The molecule has 0 fully saturated rings. The highest BCUT2D eigenvalue weighted by molar-refractivity contribution is 6.17. The number of unbranched alkanes of at least 4 members (excludes halogenated alkanes) is 14. The highest BCUT2D eigenvalue weighted by Crippen LogP contribution is 2.32. The van der Waals surface area contributed by atoms with Crippen molar-refractivity contribution in [1.29, 1.82) is 0 Å². The number of rotatable bonds is 20. The lowest BCUT2D eigenvalue weighted by molar-refractivity contribution is 0.270. The molecule has 0 saturated heterocycles. The quantitative estimate of drug-likeness (QED) is 0.145. The molecule has 0 aromatic heterocycles. The SMILES string of the molecule is CCC(C)(CCCCCCCCCCCCCCCCCCl)Cc1ccccc1. The van der Waals surface area contributed by atoms with Crippen LogP contribution in [0.4, 0.5) is 0 Å². The summed E-state index contributed by atoms with van der Waals surface area (Å²) in [5.74, 6) is 0.840. The maximum Gasteiger partial charge on any atom is 0.0223 e. The van der Waals surface area contributed by atoms with E-state index in [2.05, 4.69) is 44.2 Å². The number of alkyl halides is 1. The number of benzene rings is 1. The van der Waals surface area contributed by atoms with Gasteiger partial charge in [-0.25, -0.2) is 0 Å². The maximum atomic E-state index is 5.71. The molecule has 0 radical (unpaired) electrons. The third kappa shape index (κ3) is 15.0. The van der Waals surface area contributed by atoms with Crippen LogP contribution in [-0.2, 0) is 6.42 Å². The Bertz CT molecular complexity index is 455. The van der Waals surface area contributed by atoms with Crippen LogP contribution in [0.15, 0.2) is 30.3 Å². The largest absolute Gasteiger partial charge is 0.127 e. The minimum Gasteiger partial charge on any atom is -0.127 e. The standard InChI is InChI=1S/C28H49Cl/c1-3-28(2,26-27-22-18-17-19-23-27)24-20-15-13-11-9-7-5-4-6-8-10-12-14-16-21-25-29/h17-19,22-23H,3-16,20-21,24-26H2,1-2H3. The van der Waals surface area contributed by atoms with Gasteiger partial charge in [0.2, 0.25) is 0 Å². The summed E-state index contributed by atoms with van der Waals surface area (Å²) in [5, 5.41) is 0. The molecule has 1 atom stereocenters. The van der Waals surface area contributed by atoms with Gasteiger partial charge in [-0.15, -0.1) is 11.6 Å². The van der Waals surface area contributed by atoms with E-state index in [9.17, 15) is 0 Å². The van der Waals surface area contributed by atoms with Crippen LogP contribution >= 0.6 is 11.6 Å². The monoisotopic (exact) mass is 420 g/mol. The van der Waals surface area contributed by atoms with E-state index in [0.717, 1.165) is 5.88 Å². The molecule has 1 aromatic carbocycles. The van der Waals surface area contributed by atoms with Crippen molar-refractivity contribution in [2.45, 2.75) is 129 Å². The highest BCUT2D eigenvalue weighted by atomic mass is 35.5. The van der Waals surface area contributed by atoms with Gasteiger partial charge in [-0.2, -0.15) is 0 Å². The highest BCUT2D eigenvalue weighted by Gasteiger charge is 2.21. The Balaban J connectivity index is 1.89. The second-order valence-electron chi connectivity index (χ2n) is 9.57. The van der Waals surface area contributed by atoms with Gasteiger partial charge in [0.15, 0.2) is 0 Å². The van der Waals surface area contributed by atoms with Crippen LogP contribution in [0.5, 0.6) is 0 Å². The summed E-state index contributed by atoms with van der Waals surface area (Å²) in [6, 6.07) is 11.1. The Morgan fingerprint density at radius 1 is 0.621 bits per heavy atom. The zero-order chi connectivity index (χ0) is 21.0. The van der Waals surface area contributed by atoms with Gasteiger partial charge in [0.25, 0.3) is 0 Å². The van der Waals surface area contributed by atoms with E-state index in [0.29, 0.717) is 5.41 Å². The van der Waals surface area contributed by atoms with Crippen molar-refractivity contribution in [2.24, 2.45) is 5.41 Å². The van der Waals surface area contributed by atoms with Crippen LogP contribution in [0.1, 0.15) is 129 Å². The molecule has 0 N–H and O–H groups in total. The van der Waals surface area contributed by atoms with Crippen LogP contribution < -0.4 is 0 Å². The Morgan fingerprint density at radius 2 is 1.03 bits per heavy atom.